The summed E-state index contributed by atoms with van der Waals surface area (Å²) in [6.07, 6.45) is -2.20. The minimum Gasteiger partial charge on any atom is -0.314 e. The topological polar surface area (TPSA) is 79.4 Å². The van der Waals surface area contributed by atoms with Gasteiger partial charge in [-0.2, -0.15) is 18.2 Å². The molecule has 0 saturated heterocycles. The van der Waals surface area contributed by atoms with Gasteiger partial charge in [0.05, 0.1) is 29.2 Å². The molecule has 1 aromatic carbocycles. The van der Waals surface area contributed by atoms with Crippen LogP contribution in [-0.2, 0) is 19.3 Å². The van der Waals surface area contributed by atoms with E-state index in [2.05, 4.69) is 20.2 Å². The Labute approximate surface area is 170 Å². The van der Waals surface area contributed by atoms with Crippen molar-refractivity contribution < 1.29 is 18.4 Å². The second kappa shape index (κ2) is 7.96. The summed E-state index contributed by atoms with van der Waals surface area (Å²) in [5.41, 5.74) is 0.779. The van der Waals surface area contributed by atoms with E-state index in [1.165, 1.54) is 6.07 Å². The lowest BCUT2D eigenvalue weighted by molar-refractivity contribution is -0.137. The Morgan fingerprint density at radius 1 is 1.17 bits per heavy atom. The molecule has 2 aromatic heterocycles. The molecule has 1 aliphatic rings. The number of aliphatic imine (C=N–C) groups is 1. The van der Waals surface area contributed by atoms with Crippen LogP contribution in [0.1, 0.15) is 41.8 Å². The third-order valence-electron chi connectivity index (χ3n) is 4.71. The number of aromatic nitrogens is 4. The number of hydrogen-bond acceptors (Lipinski definition) is 6. The minimum absolute atomic E-state index is 0.0836. The molecule has 3 heterocycles. The van der Waals surface area contributed by atoms with Gasteiger partial charge in [-0.15, -0.1) is 10.2 Å². The van der Waals surface area contributed by atoms with Gasteiger partial charge in [-0.3, -0.25) is 14.5 Å². The number of hydrogen-bond donors (Lipinski definition) is 1. The van der Waals surface area contributed by atoms with Crippen LogP contribution in [0.25, 0.3) is 5.69 Å². The number of rotatable bonds is 5. The van der Waals surface area contributed by atoms with Crippen LogP contribution in [-0.4, -0.2) is 42.3 Å². The lowest BCUT2D eigenvalue weighted by Crippen LogP contribution is -2.22. The van der Waals surface area contributed by atoms with Gasteiger partial charge in [0.25, 0.3) is 0 Å². The van der Waals surface area contributed by atoms with Gasteiger partial charge in [-0.25, -0.2) is 0 Å². The van der Waals surface area contributed by atoms with Crippen molar-refractivity contribution in [1.29, 1.82) is 0 Å². The van der Waals surface area contributed by atoms with Crippen molar-refractivity contribution in [3.05, 3.63) is 71.1 Å². The van der Waals surface area contributed by atoms with E-state index in [4.69, 9.17) is 0 Å². The van der Waals surface area contributed by atoms with Crippen molar-refractivity contribution in [2.75, 3.05) is 6.54 Å². The fourth-order valence-electron chi connectivity index (χ4n) is 3.39. The molecule has 0 spiro atoms. The molecule has 0 radical (unpaired) electrons. The predicted molar refractivity (Wildman–Crippen MR) is 102 cm³/mol. The smallest absolute Gasteiger partial charge is 0.314 e. The van der Waals surface area contributed by atoms with Gasteiger partial charge in [-0.1, -0.05) is 13.0 Å². The molecule has 3 aromatic rings. The number of halogens is 3. The fourth-order valence-corrected chi connectivity index (χ4v) is 3.39. The van der Waals surface area contributed by atoms with Crippen LogP contribution in [0.3, 0.4) is 0 Å². The normalized spacial score (nSPS) is 13.6. The molecule has 0 saturated carbocycles. The Hall–Kier alpha value is -3.11. The zero-order chi connectivity index (χ0) is 21.3. The van der Waals surface area contributed by atoms with Crippen LogP contribution in [0, 0.1) is 0 Å². The second-order valence-corrected chi connectivity index (χ2v) is 6.87. The molecular weight excluding hydrogens is 397 g/mol. The predicted octanol–water partition coefficient (Wildman–Crippen LogP) is 3.63. The largest absolute Gasteiger partial charge is 0.416 e. The average Bonchev–Trinajstić information content (AvgIpc) is 3.02. The van der Waals surface area contributed by atoms with Crippen molar-refractivity contribution >= 4 is 5.71 Å². The van der Waals surface area contributed by atoms with Crippen LogP contribution in [0.15, 0.2) is 47.6 Å². The lowest BCUT2D eigenvalue weighted by atomic mass is 10.0. The molecule has 1 aliphatic heterocycles. The summed E-state index contributed by atoms with van der Waals surface area (Å²) in [7, 11) is 0. The van der Waals surface area contributed by atoms with E-state index >= 15 is 0 Å². The molecule has 0 atom stereocenters. The highest BCUT2D eigenvalue weighted by Gasteiger charge is 2.33. The molecule has 7 nitrogen and oxygen atoms in total. The van der Waals surface area contributed by atoms with Gasteiger partial charge in [0, 0.05) is 18.3 Å². The van der Waals surface area contributed by atoms with Gasteiger partial charge >= 0.3 is 6.18 Å². The minimum atomic E-state index is -4.50. The first-order valence-corrected chi connectivity index (χ1v) is 9.43. The van der Waals surface area contributed by atoms with E-state index in [1.807, 2.05) is 6.92 Å². The van der Waals surface area contributed by atoms with Crippen molar-refractivity contribution in [3.63, 3.8) is 0 Å². The maximum atomic E-state index is 13.4. The monoisotopic (exact) mass is 416 g/mol. The zero-order valence-corrected chi connectivity index (χ0v) is 16.1. The third kappa shape index (κ3) is 3.83. The Morgan fingerprint density at radius 2 is 2.00 bits per heavy atom. The SMILES string of the molecule is CCCN(O)Cc1nnc2n1-c1ccc(C(F)(F)F)cc1C(c1ccccn1)=NC2. The number of hydroxylamine groups is 2. The van der Waals surface area contributed by atoms with Gasteiger partial charge < -0.3 is 5.21 Å². The first kappa shape index (κ1) is 20.2. The summed E-state index contributed by atoms with van der Waals surface area (Å²) in [5.74, 6) is 0.890. The Morgan fingerprint density at radius 3 is 2.70 bits per heavy atom. The highest BCUT2D eigenvalue weighted by atomic mass is 19.4. The quantitative estimate of drug-likeness (QED) is 0.643. The Balaban J connectivity index is 1.89. The number of fused-ring (bicyclic) bond motifs is 3. The van der Waals surface area contributed by atoms with E-state index in [-0.39, 0.29) is 18.7 Å². The molecule has 10 heteroatoms. The van der Waals surface area contributed by atoms with Crippen molar-refractivity contribution in [2.24, 2.45) is 4.99 Å². The third-order valence-corrected chi connectivity index (χ3v) is 4.71. The van der Waals surface area contributed by atoms with Gasteiger partial charge in [0.2, 0.25) is 0 Å². The molecule has 0 aliphatic carbocycles. The summed E-state index contributed by atoms with van der Waals surface area (Å²) in [4.78, 5) is 8.79. The summed E-state index contributed by atoms with van der Waals surface area (Å²) in [6, 6.07) is 8.67. The summed E-state index contributed by atoms with van der Waals surface area (Å²) < 4.78 is 42.0. The van der Waals surface area contributed by atoms with Gasteiger partial charge in [0.15, 0.2) is 11.6 Å². The number of benzene rings is 1. The average molecular weight is 416 g/mol. The van der Waals surface area contributed by atoms with Crippen molar-refractivity contribution in [3.8, 4) is 5.69 Å². The Kier molecular flexibility index (Phi) is 5.35. The van der Waals surface area contributed by atoms with E-state index in [1.54, 1.807) is 29.0 Å². The molecular formula is C20H19F3N6O. The molecule has 0 fully saturated rings. The van der Waals surface area contributed by atoms with Crippen LogP contribution >= 0.6 is 0 Å². The molecule has 0 bridgehead atoms. The summed E-state index contributed by atoms with van der Waals surface area (Å²) in [6.45, 7) is 2.56. The lowest BCUT2D eigenvalue weighted by Gasteiger charge is -2.17. The molecule has 4 rings (SSSR count). The van der Waals surface area contributed by atoms with E-state index in [0.29, 0.717) is 35.3 Å². The first-order chi connectivity index (χ1) is 14.4. The van der Waals surface area contributed by atoms with Gasteiger partial charge in [-0.05, 0) is 36.8 Å². The molecule has 1 N–H and O–H groups in total. The maximum absolute atomic E-state index is 13.4. The van der Waals surface area contributed by atoms with Gasteiger partial charge in [0.1, 0.15) is 6.54 Å². The van der Waals surface area contributed by atoms with Crippen molar-refractivity contribution in [2.45, 2.75) is 32.6 Å². The van der Waals surface area contributed by atoms with Crippen molar-refractivity contribution in [1.82, 2.24) is 24.8 Å². The van der Waals surface area contributed by atoms with Crippen LogP contribution in [0.4, 0.5) is 13.2 Å². The van der Waals surface area contributed by atoms with E-state index in [0.717, 1.165) is 23.6 Å². The molecule has 156 valence electrons. The van der Waals surface area contributed by atoms with Crippen LogP contribution < -0.4 is 0 Å². The number of pyridine rings is 1. The number of nitrogens with zero attached hydrogens (tertiary/aromatic N) is 6. The Bertz CT molecular complexity index is 1080. The summed E-state index contributed by atoms with van der Waals surface area (Å²) in [5, 5.41) is 19.5. The molecule has 30 heavy (non-hydrogen) atoms. The highest BCUT2D eigenvalue weighted by Crippen LogP contribution is 2.34. The highest BCUT2D eigenvalue weighted by molar-refractivity contribution is 6.14. The van der Waals surface area contributed by atoms with E-state index in [9.17, 15) is 18.4 Å². The second-order valence-electron chi connectivity index (χ2n) is 6.87. The zero-order valence-electron chi connectivity index (χ0n) is 16.1. The van der Waals surface area contributed by atoms with E-state index < -0.39 is 11.7 Å². The van der Waals surface area contributed by atoms with Crippen LogP contribution in [0.5, 0.6) is 0 Å². The first-order valence-electron chi connectivity index (χ1n) is 9.43. The van der Waals surface area contributed by atoms with Crippen LogP contribution in [0.2, 0.25) is 0 Å². The standard InChI is InChI=1S/C20H19F3N6O/c1-2-9-28(30)12-18-27-26-17-11-25-19(15-5-3-4-8-24-15)14-10-13(20(21,22)23)6-7-16(14)29(17)18/h3-8,10,30H,2,9,11-12H2,1H3. The number of alkyl halides is 3. The fraction of sp³-hybridized carbons (Fsp3) is 0.300. The molecule has 0 amide bonds. The molecule has 0 unspecified atom stereocenters. The maximum Gasteiger partial charge on any atom is 0.416 e. The summed E-state index contributed by atoms with van der Waals surface area (Å²) >= 11 is 0.